The Morgan fingerprint density at radius 3 is 2.93 bits per heavy atom. The maximum absolute atomic E-state index is 14.4. The number of aryl methyl sites for hydroxylation is 1. The third kappa shape index (κ3) is 2.90. The van der Waals surface area contributed by atoms with Crippen molar-refractivity contribution in [3.8, 4) is 22.9 Å². The van der Waals surface area contributed by atoms with Gasteiger partial charge in [-0.3, -0.25) is 4.40 Å². The molecule has 1 aliphatic heterocycles. The Balaban J connectivity index is 1.52. The standard InChI is InChI=1S/C22H16FN5O/c23-19-6-7-20-17(9-10-29-20)16(19)5-8-21-25-12-18(22-27-26-13-28(21)22)15-4-2-1-3-14(15)11-24/h1-4,6-7,12-13H,5,8-10H2. The number of hydrogen-bond acceptors (Lipinski definition) is 5. The van der Waals surface area contributed by atoms with Gasteiger partial charge in [-0.15, -0.1) is 10.2 Å². The van der Waals surface area contributed by atoms with E-state index in [2.05, 4.69) is 21.3 Å². The van der Waals surface area contributed by atoms with E-state index in [-0.39, 0.29) is 5.82 Å². The predicted octanol–water partition coefficient (Wildman–Crippen LogP) is 3.52. The third-order valence-electron chi connectivity index (χ3n) is 5.29. The highest BCUT2D eigenvalue weighted by atomic mass is 19.1. The van der Waals surface area contributed by atoms with Gasteiger partial charge in [-0.2, -0.15) is 5.26 Å². The monoisotopic (exact) mass is 385 g/mol. The lowest BCUT2D eigenvalue weighted by Gasteiger charge is -2.11. The molecule has 4 aromatic rings. The Kier molecular flexibility index (Phi) is 4.17. The van der Waals surface area contributed by atoms with Crippen molar-refractivity contribution in [1.82, 2.24) is 19.6 Å². The molecule has 1 aliphatic rings. The molecule has 2 aromatic heterocycles. The minimum atomic E-state index is -0.214. The molecule has 0 saturated carbocycles. The van der Waals surface area contributed by atoms with E-state index in [1.807, 2.05) is 18.2 Å². The van der Waals surface area contributed by atoms with E-state index in [9.17, 15) is 9.65 Å². The van der Waals surface area contributed by atoms with Crippen LogP contribution in [-0.4, -0.2) is 26.2 Å². The molecular weight excluding hydrogens is 369 g/mol. The molecule has 0 aliphatic carbocycles. The number of nitriles is 1. The molecule has 0 fully saturated rings. The van der Waals surface area contributed by atoms with Gasteiger partial charge >= 0.3 is 0 Å². The second-order valence-electron chi connectivity index (χ2n) is 6.87. The molecule has 0 atom stereocenters. The molecule has 0 N–H and O–H groups in total. The van der Waals surface area contributed by atoms with Gasteiger partial charge in [0.15, 0.2) is 5.65 Å². The van der Waals surface area contributed by atoms with Crippen LogP contribution in [0.4, 0.5) is 4.39 Å². The van der Waals surface area contributed by atoms with Crippen molar-refractivity contribution in [3.63, 3.8) is 0 Å². The van der Waals surface area contributed by atoms with Crippen molar-refractivity contribution in [2.45, 2.75) is 19.3 Å². The lowest BCUT2D eigenvalue weighted by Crippen LogP contribution is -2.06. The minimum Gasteiger partial charge on any atom is -0.493 e. The average molecular weight is 385 g/mol. The van der Waals surface area contributed by atoms with Gasteiger partial charge in [0.2, 0.25) is 0 Å². The summed E-state index contributed by atoms with van der Waals surface area (Å²) in [5.41, 5.74) is 4.31. The van der Waals surface area contributed by atoms with Crippen molar-refractivity contribution in [2.75, 3.05) is 6.61 Å². The van der Waals surface area contributed by atoms with Gasteiger partial charge in [0.05, 0.1) is 18.2 Å². The molecule has 6 nitrogen and oxygen atoms in total. The smallest absolute Gasteiger partial charge is 0.171 e. The highest BCUT2D eigenvalue weighted by Gasteiger charge is 2.20. The summed E-state index contributed by atoms with van der Waals surface area (Å²) in [6.07, 6.45) is 5.08. The van der Waals surface area contributed by atoms with Gasteiger partial charge < -0.3 is 4.74 Å². The molecule has 0 unspecified atom stereocenters. The van der Waals surface area contributed by atoms with Crippen LogP contribution in [0.2, 0.25) is 0 Å². The number of nitrogens with zero attached hydrogens (tertiary/aromatic N) is 5. The first-order valence-electron chi connectivity index (χ1n) is 9.36. The summed E-state index contributed by atoms with van der Waals surface area (Å²) in [5.74, 6) is 1.29. The predicted molar refractivity (Wildman–Crippen MR) is 104 cm³/mol. The molecule has 0 radical (unpaired) electrons. The van der Waals surface area contributed by atoms with Gasteiger partial charge in [-0.05, 0) is 30.2 Å². The van der Waals surface area contributed by atoms with Gasteiger partial charge in [-0.25, -0.2) is 9.37 Å². The highest BCUT2D eigenvalue weighted by molar-refractivity contribution is 5.80. The van der Waals surface area contributed by atoms with E-state index in [0.29, 0.717) is 36.2 Å². The molecule has 29 heavy (non-hydrogen) atoms. The van der Waals surface area contributed by atoms with Crippen molar-refractivity contribution in [2.24, 2.45) is 0 Å². The Bertz CT molecular complexity index is 1270. The zero-order chi connectivity index (χ0) is 19.8. The third-order valence-corrected chi connectivity index (χ3v) is 5.29. The number of rotatable bonds is 4. The first-order chi connectivity index (χ1) is 14.3. The van der Waals surface area contributed by atoms with Crippen LogP contribution in [0.3, 0.4) is 0 Å². The Hall–Kier alpha value is -3.79. The Labute approximate surface area is 166 Å². The second kappa shape index (κ2) is 6.99. The normalized spacial score (nSPS) is 12.6. The van der Waals surface area contributed by atoms with Crippen LogP contribution < -0.4 is 4.74 Å². The first-order valence-corrected chi connectivity index (χ1v) is 9.36. The van der Waals surface area contributed by atoms with E-state index in [0.717, 1.165) is 34.7 Å². The maximum atomic E-state index is 14.4. The van der Waals surface area contributed by atoms with Crippen molar-refractivity contribution in [3.05, 3.63) is 77.3 Å². The van der Waals surface area contributed by atoms with Crippen LogP contribution in [-0.2, 0) is 19.3 Å². The van der Waals surface area contributed by atoms with Crippen LogP contribution in [0.5, 0.6) is 5.75 Å². The number of ether oxygens (including phenoxy) is 1. The lowest BCUT2D eigenvalue weighted by molar-refractivity contribution is 0.356. The van der Waals surface area contributed by atoms with Gasteiger partial charge in [0, 0.05) is 35.7 Å². The summed E-state index contributed by atoms with van der Waals surface area (Å²) >= 11 is 0. The van der Waals surface area contributed by atoms with Crippen molar-refractivity contribution < 1.29 is 9.13 Å². The zero-order valence-corrected chi connectivity index (χ0v) is 15.5. The molecular formula is C22H16FN5O. The number of halogens is 1. The summed E-state index contributed by atoms with van der Waals surface area (Å²) in [7, 11) is 0. The van der Waals surface area contributed by atoms with Gasteiger partial charge in [0.1, 0.15) is 23.7 Å². The van der Waals surface area contributed by atoms with Crippen LogP contribution in [0.15, 0.2) is 48.9 Å². The molecule has 2 aromatic carbocycles. The lowest BCUT2D eigenvalue weighted by atomic mass is 9.99. The van der Waals surface area contributed by atoms with Crippen molar-refractivity contribution >= 4 is 5.65 Å². The summed E-state index contributed by atoms with van der Waals surface area (Å²) in [6.45, 7) is 0.590. The molecule has 7 heteroatoms. The largest absolute Gasteiger partial charge is 0.493 e. The van der Waals surface area contributed by atoms with Gasteiger partial charge in [-0.1, -0.05) is 18.2 Å². The van der Waals surface area contributed by atoms with E-state index in [4.69, 9.17) is 4.74 Å². The molecule has 0 saturated heterocycles. The Morgan fingerprint density at radius 1 is 1.14 bits per heavy atom. The van der Waals surface area contributed by atoms with E-state index in [1.54, 1.807) is 29.1 Å². The highest BCUT2D eigenvalue weighted by Crippen LogP contribution is 2.31. The second-order valence-corrected chi connectivity index (χ2v) is 6.87. The minimum absolute atomic E-state index is 0.214. The summed E-state index contributed by atoms with van der Waals surface area (Å²) in [5, 5.41) is 17.7. The molecule has 5 rings (SSSR count). The van der Waals surface area contributed by atoms with Crippen molar-refractivity contribution in [1.29, 1.82) is 5.26 Å². The molecule has 0 amide bonds. The fourth-order valence-electron chi connectivity index (χ4n) is 3.88. The summed E-state index contributed by atoms with van der Waals surface area (Å²) in [6, 6.07) is 12.7. The van der Waals surface area contributed by atoms with Gasteiger partial charge in [0.25, 0.3) is 0 Å². The summed E-state index contributed by atoms with van der Waals surface area (Å²) in [4.78, 5) is 4.59. The fourth-order valence-corrected chi connectivity index (χ4v) is 3.88. The van der Waals surface area contributed by atoms with Crippen LogP contribution in [0.25, 0.3) is 16.8 Å². The van der Waals surface area contributed by atoms with E-state index < -0.39 is 0 Å². The van der Waals surface area contributed by atoms with Crippen LogP contribution >= 0.6 is 0 Å². The molecule has 142 valence electrons. The van der Waals surface area contributed by atoms with Crippen LogP contribution in [0.1, 0.15) is 22.5 Å². The molecule has 3 heterocycles. The van der Waals surface area contributed by atoms with E-state index in [1.165, 1.54) is 6.07 Å². The first kappa shape index (κ1) is 17.3. The number of benzene rings is 2. The number of aromatic nitrogens is 4. The number of hydrogen-bond donors (Lipinski definition) is 0. The SMILES string of the molecule is N#Cc1ccccc1-c1cnc(CCc2c(F)ccc3c2CCO3)n2cnnc12. The molecule has 0 spiro atoms. The zero-order valence-electron chi connectivity index (χ0n) is 15.5. The Morgan fingerprint density at radius 2 is 2.03 bits per heavy atom. The molecule has 0 bridgehead atoms. The quantitative estimate of drug-likeness (QED) is 0.537. The summed E-state index contributed by atoms with van der Waals surface area (Å²) < 4.78 is 21.8. The van der Waals surface area contributed by atoms with E-state index >= 15 is 0 Å². The maximum Gasteiger partial charge on any atom is 0.171 e. The topological polar surface area (TPSA) is 76.1 Å². The average Bonchev–Trinajstić information content (AvgIpc) is 3.43. The number of fused-ring (bicyclic) bond motifs is 2. The fraction of sp³-hybridized carbons (Fsp3) is 0.182. The van der Waals surface area contributed by atoms with Crippen LogP contribution in [0, 0.1) is 17.1 Å².